The van der Waals surface area contributed by atoms with Crippen molar-refractivity contribution in [3.05, 3.63) is 52.1 Å². The van der Waals surface area contributed by atoms with Crippen molar-refractivity contribution < 1.29 is 22.7 Å². The Balaban J connectivity index is 1.55. The number of aryl methyl sites for hydroxylation is 1. The van der Waals surface area contributed by atoms with Crippen LogP contribution in [0.15, 0.2) is 41.0 Å². The minimum Gasteiger partial charge on any atom is -0.494 e. The number of amides is 1. The summed E-state index contributed by atoms with van der Waals surface area (Å²) in [6, 6.07) is 7.68. The van der Waals surface area contributed by atoms with Gasteiger partial charge in [-0.1, -0.05) is 18.6 Å². The van der Waals surface area contributed by atoms with E-state index in [9.17, 15) is 23.2 Å². The van der Waals surface area contributed by atoms with Crippen LogP contribution in [0.4, 0.5) is 13.2 Å². The summed E-state index contributed by atoms with van der Waals surface area (Å²) in [4.78, 5) is 12.9. The third kappa shape index (κ3) is 4.69. The molecule has 0 saturated heterocycles. The summed E-state index contributed by atoms with van der Waals surface area (Å²) >= 11 is 0. The molecule has 0 saturated carbocycles. The second-order valence-electron chi connectivity index (χ2n) is 8.89. The molecule has 7 heteroatoms. The molecule has 0 bridgehead atoms. The number of nitriles is 1. The standard InChI is InChI=1S/C25H27F3N2O2/c26-25(27,28)11-5-13-32-19-8-9-22-18(14-19)10-12-24(22)15-20(21(16-29)23(31)30-24)17-6-3-1-2-4-7-17/h6,8-9,14H,1-5,7,10-13,15H2,(H,30,31). The van der Waals surface area contributed by atoms with Crippen LogP contribution < -0.4 is 10.1 Å². The number of rotatable bonds is 5. The van der Waals surface area contributed by atoms with E-state index in [1.54, 1.807) is 6.07 Å². The zero-order chi connectivity index (χ0) is 22.8. The number of nitrogens with one attached hydrogen (secondary N) is 1. The summed E-state index contributed by atoms with van der Waals surface area (Å²) in [5.41, 5.74) is 3.72. The Labute approximate surface area is 186 Å². The van der Waals surface area contributed by atoms with Gasteiger partial charge in [-0.3, -0.25) is 4.79 Å². The minimum absolute atomic E-state index is 0.00669. The van der Waals surface area contributed by atoms with E-state index in [4.69, 9.17) is 4.74 Å². The van der Waals surface area contributed by atoms with E-state index in [2.05, 4.69) is 17.5 Å². The van der Waals surface area contributed by atoms with Gasteiger partial charge in [-0.15, -0.1) is 0 Å². The number of allylic oxidation sites excluding steroid dienone is 2. The predicted molar refractivity (Wildman–Crippen MR) is 114 cm³/mol. The fraction of sp³-hybridized carbons (Fsp3) is 0.520. The van der Waals surface area contributed by atoms with E-state index in [1.165, 1.54) is 0 Å². The highest BCUT2D eigenvalue weighted by atomic mass is 19.4. The zero-order valence-electron chi connectivity index (χ0n) is 18.0. The van der Waals surface area contributed by atoms with Gasteiger partial charge in [0.15, 0.2) is 0 Å². The van der Waals surface area contributed by atoms with Crippen molar-refractivity contribution in [1.82, 2.24) is 5.32 Å². The molecule has 1 aromatic rings. The average Bonchev–Trinajstić information content (AvgIpc) is 2.92. The molecule has 4 rings (SSSR count). The van der Waals surface area contributed by atoms with Crippen molar-refractivity contribution in [3.63, 3.8) is 0 Å². The largest absolute Gasteiger partial charge is 0.494 e. The van der Waals surface area contributed by atoms with E-state index in [-0.39, 0.29) is 24.5 Å². The van der Waals surface area contributed by atoms with Gasteiger partial charge in [0.25, 0.3) is 5.91 Å². The molecular formula is C25H27F3N2O2. The van der Waals surface area contributed by atoms with Crippen LogP contribution in [0.1, 0.15) is 68.9 Å². The molecule has 1 spiro atoms. The van der Waals surface area contributed by atoms with E-state index in [0.29, 0.717) is 12.2 Å². The highest BCUT2D eigenvalue weighted by molar-refractivity contribution is 6.00. The third-order valence-electron chi connectivity index (χ3n) is 6.69. The van der Waals surface area contributed by atoms with Crippen molar-refractivity contribution in [2.24, 2.45) is 0 Å². The van der Waals surface area contributed by atoms with Crippen LogP contribution >= 0.6 is 0 Å². The van der Waals surface area contributed by atoms with Gasteiger partial charge in [-0.25, -0.2) is 0 Å². The van der Waals surface area contributed by atoms with Gasteiger partial charge in [0.1, 0.15) is 17.4 Å². The lowest BCUT2D eigenvalue weighted by Gasteiger charge is -2.37. The Morgan fingerprint density at radius 2 is 2.03 bits per heavy atom. The second-order valence-corrected chi connectivity index (χ2v) is 8.89. The number of nitrogens with zero attached hydrogens (tertiary/aromatic N) is 1. The van der Waals surface area contributed by atoms with Crippen LogP contribution in [0, 0.1) is 11.3 Å². The number of hydrogen-bond donors (Lipinski definition) is 1. The van der Waals surface area contributed by atoms with Crippen molar-refractivity contribution in [3.8, 4) is 11.8 Å². The molecule has 1 atom stereocenters. The Kier molecular flexibility index (Phi) is 6.32. The van der Waals surface area contributed by atoms with E-state index >= 15 is 0 Å². The lowest BCUT2D eigenvalue weighted by atomic mass is 9.77. The molecule has 1 heterocycles. The van der Waals surface area contributed by atoms with Crippen LogP contribution in [-0.4, -0.2) is 18.7 Å². The fourth-order valence-electron chi connectivity index (χ4n) is 5.12. The Bertz CT molecular complexity index is 1000. The van der Waals surface area contributed by atoms with Gasteiger partial charge in [0.2, 0.25) is 0 Å². The number of alkyl halides is 3. The molecule has 1 amide bonds. The lowest BCUT2D eigenvalue weighted by Crippen LogP contribution is -2.48. The number of ether oxygens (including phenoxy) is 1. The van der Waals surface area contributed by atoms with Crippen molar-refractivity contribution in [2.45, 2.75) is 75.9 Å². The summed E-state index contributed by atoms with van der Waals surface area (Å²) in [5, 5.41) is 12.8. The molecule has 1 aromatic carbocycles. The summed E-state index contributed by atoms with van der Waals surface area (Å²) < 4.78 is 42.5. The molecule has 1 N–H and O–H groups in total. The maximum absolute atomic E-state index is 12.9. The maximum Gasteiger partial charge on any atom is 0.389 e. The molecule has 1 aliphatic heterocycles. The summed E-state index contributed by atoms with van der Waals surface area (Å²) in [6.07, 6.45) is 4.34. The summed E-state index contributed by atoms with van der Waals surface area (Å²) in [6.45, 7) is 0.00669. The third-order valence-corrected chi connectivity index (χ3v) is 6.69. The van der Waals surface area contributed by atoms with Gasteiger partial charge < -0.3 is 10.1 Å². The first-order valence-corrected chi connectivity index (χ1v) is 11.3. The average molecular weight is 444 g/mol. The van der Waals surface area contributed by atoms with Gasteiger partial charge in [0.05, 0.1) is 12.1 Å². The monoisotopic (exact) mass is 444 g/mol. The first kappa shape index (κ1) is 22.4. The second kappa shape index (κ2) is 9.01. The minimum atomic E-state index is -4.17. The van der Waals surface area contributed by atoms with Gasteiger partial charge in [-0.05, 0) is 79.4 Å². The maximum atomic E-state index is 12.9. The molecular weight excluding hydrogens is 417 g/mol. The summed E-state index contributed by atoms with van der Waals surface area (Å²) in [5.74, 6) is 0.226. The number of carbonyl (C=O) groups is 1. The van der Waals surface area contributed by atoms with Crippen molar-refractivity contribution in [1.29, 1.82) is 5.26 Å². The molecule has 170 valence electrons. The van der Waals surface area contributed by atoms with Crippen molar-refractivity contribution >= 4 is 5.91 Å². The van der Waals surface area contributed by atoms with E-state index in [1.807, 2.05) is 12.1 Å². The molecule has 32 heavy (non-hydrogen) atoms. The highest BCUT2D eigenvalue weighted by Crippen LogP contribution is 2.47. The smallest absolute Gasteiger partial charge is 0.389 e. The van der Waals surface area contributed by atoms with Gasteiger partial charge in [0, 0.05) is 12.8 Å². The Morgan fingerprint density at radius 3 is 2.81 bits per heavy atom. The predicted octanol–water partition coefficient (Wildman–Crippen LogP) is 5.78. The van der Waals surface area contributed by atoms with Gasteiger partial charge >= 0.3 is 6.18 Å². The Morgan fingerprint density at radius 1 is 1.19 bits per heavy atom. The van der Waals surface area contributed by atoms with Gasteiger partial charge in [-0.2, -0.15) is 18.4 Å². The quantitative estimate of drug-likeness (QED) is 0.586. The summed E-state index contributed by atoms with van der Waals surface area (Å²) in [7, 11) is 0. The first-order valence-electron chi connectivity index (χ1n) is 11.3. The number of halogens is 3. The van der Waals surface area contributed by atoms with Crippen LogP contribution in [0.25, 0.3) is 0 Å². The van der Waals surface area contributed by atoms with Crippen LogP contribution in [0.5, 0.6) is 5.75 Å². The normalized spacial score (nSPS) is 23.3. The molecule has 1 unspecified atom stereocenters. The molecule has 0 aromatic heterocycles. The van der Waals surface area contributed by atoms with Crippen LogP contribution in [0.3, 0.4) is 0 Å². The fourth-order valence-corrected chi connectivity index (χ4v) is 5.12. The zero-order valence-corrected chi connectivity index (χ0v) is 18.0. The molecule has 2 aliphatic carbocycles. The Hall–Kier alpha value is -2.75. The number of hydrogen-bond acceptors (Lipinski definition) is 3. The number of carbonyl (C=O) groups excluding carboxylic acids is 1. The first-order chi connectivity index (χ1) is 15.3. The SMILES string of the molecule is N#CC1=C(C2=CCCCCC2)CC2(CCc3cc(OCCCC(F)(F)F)ccc32)NC1=O. The molecule has 0 fully saturated rings. The lowest BCUT2D eigenvalue weighted by molar-refractivity contribution is -0.136. The number of fused-ring (bicyclic) bond motifs is 2. The topological polar surface area (TPSA) is 62.1 Å². The van der Waals surface area contributed by atoms with Crippen LogP contribution in [-0.2, 0) is 16.8 Å². The van der Waals surface area contributed by atoms with E-state index in [0.717, 1.165) is 67.2 Å². The van der Waals surface area contributed by atoms with Crippen molar-refractivity contribution in [2.75, 3.05) is 6.61 Å². The molecule has 3 aliphatic rings. The molecule has 4 nitrogen and oxygen atoms in total. The number of benzene rings is 1. The van der Waals surface area contributed by atoms with E-state index < -0.39 is 18.1 Å². The molecule has 0 radical (unpaired) electrons. The van der Waals surface area contributed by atoms with Crippen LogP contribution in [0.2, 0.25) is 0 Å². The highest BCUT2D eigenvalue weighted by Gasteiger charge is 2.45.